The van der Waals surface area contributed by atoms with Gasteiger partial charge >= 0.3 is 0 Å². The maximum Gasteiger partial charge on any atom is 0.292 e. The molecular formula is C16H19ClN4O3S. The van der Waals surface area contributed by atoms with Crippen LogP contribution in [0, 0.1) is 0 Å². The largest absolute Gasteiger partial charge is 0.367 e. The Kier molecular flexibility index (Phi) is 5.12. The third-order valence-corrected chi connectivity index (χ3v) is 5.82. The predicted octanol–water partition coefficient (Wildman–Crippen LogP) is 1.36. The average Bonchev–Trinajstić information content (AvgIpc) is 2.84. The molecule has 0 radical (unpaired) electrons. The van der Waals surface area contributed by atoms with Gasteiger partial charge in [0, 0.05) is 26.2 Å². The monoisotopic (exact) mass is 382 g/mol. The van der Waals surface area contributed by atoms with Crippen molar-refractivity contribution in [3.63, 3.8) is 0 Å². The van der Waals surface area contributed by atoms with Crippen molar-refractivity contribution in [2.45, 2.75) is 6.42 Å². The van der Waals surface area contributed by atoms with Gasteiger partial charge in [-0.2, -0.15) is 9.78 Å². The number of sulfonamides is 1. The van der Waals surface area contributed by atoms with Gasteiger partial charge in [-0.05, 0) is 18.6 Å². The zero-order chi connectivity index (χ0) is 18.0. The Balaban J connectivity index is 1.89. The smallest absolute Gasteiger partial charge is 0.292 e. The van der Waals surface area contributed by atoms with Crippen LogP contribution in [0.25, 0.3) is 5.69 Å². The lowest BCUT2D eigenvalue weighted by Gasteiger charge is -2.23. The van der Waals surface area contributed by atoms with Crippen LogP contribution in [0.4, 0.5) is 5.69 Å². The number of rotatable bonds is 3. The zero-order valence-corrected chi connectivity index (χ0v) is 15.4. The first-order valence-electron chi connectivity index (χ1n) is 7.91. The summed E-state index contributed by atoms with van der Waals surface area (Å²) in [4.78, 5) is 14.5. The molecule has 0 amide bonds. The number of nitrogens with zero attached hydrogens (tertiary/aromatic N) is 4. The molecule has 1 aliphatic rings. The fraction of sp³-hybridized carbons (Fsp3) is 0.375. The van der Waals surface area contributed by atoms with Crippen molar-refractivity contribution in [3.8, 4) is 5.69 Å². The number of benzene rings is 1. The normalized spacial score (nSPS) is 16.6. The molecule has 0 aliphatic carbocycles. The van der Waals surface area contributed by atoms with Gasteiger partial charge < -0.3 is 4.90 Å². The standard InChI is InChI=1S/C16H19ClN4O3S/c1-25(23,24)20-9-5-8-19(10-11-20)14-12-18-21(16(22)15(14)17)13-6-3-2-4-7-13/h2-4,6-7,12H,5,8-11H2,1H3. The molecule has 1 aromatic heterocycles. The molecular weight excluding hydrogens is 364 g/mol. The van der Waals surface area contributed by atoms with Crippen molar-refractivity contribution in [3.05, 3.63) is 51.9 Å². The van der Waals surface area contributed by atoms with Crippen molar-refractivity contribution in [2.75, 3.05) is 37.3 Å². The molecule has 0 saturated carbocycles. The van der Waals surface area contributed by atoms with Gasteiger partial charge in [-0.3, -0.25) is 4.79 Å². The zero-order valence-electron chi connectivity index (χ0n) is 13.8. The van der Waals surface area contributed by atoms with E-state index in [1.807, 2.05) is 23.1 Å². The first-order chi connectivity index (χ1) is 11.9. The third kappa shape index (κ3) is 3.86. The van der Waals surface area contributed by atoms with E-state index in [0.29, 0.717) is 44.0 Å². The molecule has 0 N–H and O–H groups in total. The van der Waals surface area contributed by atoms with E-state index in [1.165, 1.54) is 15.2 Å². The van der Waals surface area contributed by atoms with E-state index < -0.39 is 15.6 Å². The summed E-state index contributed by atoms with van der Waals surface area (Å²) < 4.78 is 26.1. The number of halogens is 1. The third-order valence-electron chi connectivity index (χ3n) is 4.17. The van der Waals surface area contributed by atoms with Gasteiger partial charge in [-0.15, -0.1) is 0 Å². The van der Waals surface area contributed by atoms with Crippen LogP contribution < -0.4 is 10.5 Å². The highest BCUT2D eigenvalue weighted by Crippen LogP contribution is 2.23. The van der Waals surface area contributed by atoms with Gasteiger partial charge in [0.25, 0.3) is 5.56 Å². The van der Waals surface area contributed by atoms with E-state index in [9.17, 15) is 13.2 Å². The van der Waals surface area contributed by atoms with E-state index in [1.54, 1.807) is 18.3 Å². The lowest BCUT2D eigenvalue weighted by molar-refractivity contribution is 0.437. The quantitative estimate of drug-likeness (QED) is 0.801. The summed E-state index contributed by atoms with van der Waals surface area (Å²) in [7, 11) is -3.22. The summed E-state index contributed by atoms with van der Waals surface area (Å²) in [5.74, 6) is 0. The van der Waals surface area contributed by atoms with Gasteiger partial charge in [0.2, 0.25) is 10.0 Å². The van der Waals surface area contributed by atoms with Gasteiger partial charge in [-0.25, -0.2) is 12.7 Å². The van der Waals surface area contributed by atoms with Crippen LogP contribution in [0.5, 0.6) is 0 Å². The molecule has 0 bridgehead atoms. The van der Waals surface area contributed by atoms with Crippen molar-refractivity contribution in [1.29, 1.82) is 0 Å². The number of hydrogen-bond acceptors (Lipinski definition) is 5. The molecule has 134 valence electrons. The molecule has 25 heavy (non-hydrogen) atoms. The molecule has 0 unspecified atom stereocenters. The first-order valence-corrected chi connectivity index (χ1v) is 10.1. The second kappa shape index (κ2) is 7.15. The number of para-hydroxylation sites is 1. The number of aromatic nitrogens is 2. The molecule has 1 saturated heterocycles. The number of anilines is 1. The van der Waals surface area contributed by atoms with Crippen molar-refractivity contribution < 1.29 is 8.42 Å². The minimum atomic E-state index is -3.22. The highest BCUT2D eigenvalue weighted by molar-refractivity contribution is 7.88. The minimum Gasteiger partial charge on any atom is -0.367 e. The predicted molar refractivity (Wildman–Crippen MR) is 98.1 cm³/mol. The minimum absolute atomic E-state index is 0.0895. The summed E-state index contributed by atoms with van der Waals surface area (Å²) in [6.45, 7) is 1.89. The van der Waals surface area contributed by atoms with Crippen LogP contribution in [-0.2, 0) is 10.0 Å². The molecule has 2 heterocycles. The van der Waals surface area contributed by atoms with Crippen LogP contribution in [0.2, 0.25) is 5.02 Å². The first kappa shape index (κ1) is 17.9. The summed E-state index contributed by atoms with van der Waals surface area (Å²) in [5.41, 5.74) is 0.781. The molecule has 9 heteroatoms. The molecule has 1 fully saturated rings. The van der Waals surface area contributed by atoms with E-state index in [-0.39, 0.29) is 5.02 Å². The molecule has 2 aromatic rings. The Morgan fingerprint density at radius 3 is 2.48 bits per heavy atom. The Labute approximate surface area is 151 Å². The number of hydrogen-bond donors (Lipinski definition) is 0. The van der Waals surface area contributed by atoms with Crippen LogP contribution in [0.15, 0.2) is 41.3 Å². The van der Waals surface area contributed by atoms with Crippen molar-refractivity contribution in [1.82, 2.24) is 14.1 Å². The Morgan fingerprint density at radius 1 is 1.08 bits per heavy atom. The fourth-order valence-electron chi connectivity index (χ4n) is 2.86. The van der Waals surface area contributed by atoms with E-state index in [2.05, 4.69) is 5.10 Å². The SMILES string of the molecule is CS(=O)(=O)N1CCCN(c2cnn(-c3ccccc3)c(=O)c2Cl)CC1. The van der Waals surface area contributed by atoms with Gasteiger partial charge in [0.05, 0.1) is 23.8 Å². The van der Waals surface area contributed by atoms with E-state index >= 15 is 0 Å². The van der Waals surface area contributed by atoms with Crippen molar-refractivity contribution in [2.24, 2.45) is 0 Å². The van der Waals surface area contributed by atoms with Crippen LogP contribution in [0.1, 0.15) is 6.42 Å². The Bertz CT molecular complexity index is 915. The molecule has 1 aromatic carbocycles. The van der Waals surface area contributed by atoms with Gasteiger partial charge in [0.15, 0.2) is 0 Å². The average molecular weight is 383 g/mol. The summed E-state index contributed by atoms with van der Waals surface area (Å²) >= 11 is 6.31. The molecule has 1 aliphatic heterocycles. The lowest BCUT2D eigenvalue weighted by atomic mass is 10.3. The topological polar surface area (TPSA) is 75.5 Å². The van der Waals surface area contributed by atoms with Crippen LogP contribution >= 0.6 is 11.6 Å². The Hall–Kier alpha value is -1.90. The van der Waals surface area contributed by atoms with Crippen LogP contribution in [-0.4, -0.2) is 54.9 Å². The lowest BCUT2D eigenvalue weighted by Crippen LogP contribution is -2.35. The van der Waals surface area contributed by atoms with Gasteiger partial charge in [0.1, 0.15) is 5.02 Å². The van der Waals surface area contributed by atoms with E-state index in [4.69, 9.17) is 11.6 Å². The summed E-state index contributed by atoms with van der Waals surface area (Å²) in [6, 6.07) is 9.05. The summed E-state index contributed by atoms with van der Waals surface area (Å²) in [6.07, 6.45) is 3.43. The van der Waals surface area contributed by atoms with Crippen molar-refractivity contribution >= 4 is 27.3 Å². The second-order valence-corrected chi connectivity index (χ2v) is 8.26. The highest BCUT2D eigenvalue weighted by atomic mass is 35.5. The van der Waals surface area contributed by atoms with Gasteiger partial charge in [-0.1, -0.05) is 29.8 Å². The molecule has 0 atom stereocenters. The maximum absolute atomic E-state index is 12.6. The second-order valence-electron chi connectivity index (χ2n) is 5.90. The maximum atomic E-state index is 12.6. The highest BCUT2D eigenvalue weighted by Gasteiger charge is 2.23. The summed E-state index contributed by atoms with van der Waals surface area (Å²) in [5, 5.41) is 4.32. The molecule has 7 nitrogen and oxygen atoms in total. The van der Waals surface area contributed by atoms with Crippen LogP contribution in [0.3, 0.4) is 0 Å². The van der Waals surface area contributed by atoms with E-state index in [0.717, 1.165) is 0 Å². The molecule has 3 rings (SSSR count). The fourth-order valence-corrected chi connectivity index (χ4v) is 3.99. The molecule has 0 spiro atoms. The Morgan fingerprint density at radius 2 is 1.80 bits per heavy atom.